The van der Waals surface area contributed by atoms with Crippen LogP contribution < -0.4 is 9.47 Å². The summed E-state index contributed by atoms with van der Waals surface area (Å²) in [6, 6.07) is 7.31. The largest absolute Gasteiger partial charge is 0.490 e. The monoisotopic (exact) mass is 207 g/mol. The van der Waals surface area contributed by atoms with Crippen molar-refractivity contribution in [3.8, 4) is 11.5 Å². The molecule has 3 nitrogen and oxygen atoms in total. The molecule has 15 heavy (non-hydrogen) atoms. The molecule has 3 heteroatoms. The van der Waals surface area contributed by atoms with Crippen LogP contribution in [0.5, 0.6) is 11.5 Å². The topological polar surface area (TPSA) is 35.5 Å². The summed E-state index contributed by atoms with van der Waals surface area (Å²) < 4.78 is 10.8. The fourth-order valence-corrected chi connectivity index (χ4v) is 1.09. The van der Waals surface area contributed by atoms with Crippen molar-refractivity contribution in [3.05, 3.63) is 24.3 Å². The third kappa shape index (κ3) is 3.62. The minimum absolute atomic E-state index is 0.573. The molecule has 0 N–H and O–H groups in total. The summed E-state index contributed by atoms with van der Waals surface area (Å²) in [5.41, 5.74) is 0. The Labute approximate surface area is 90.0 Å². The minimum Gasteiger partial charge on any atom is -0.490 e. The van der Waals surface area contributed by atoms with Crippen LogP contribution in [-0.4, -0.2) is 19.0 Å². The third-order valence-corrected chi connectivity index (χ3v) is 1.78. The van der Waals surface area contributed by atoms with Crippen molar-refractivity contribution in [2.24, 2.45) is 0 Å². The Morgan fingerprint density at radius 1 is 1.33 bits per heavy atom. The predicted octanol–water partition coefficient (Wildman–Crippen LogP) is 2.35. The molecule has 1 atom stereocenters. The maximum absolute atomic E-state index is 10.3. The molecule has 0 aliphatic rings. The van der Waals surface area contributed by atoms with Gasteiger partial charge in [-0.2, -0.15) is 0 Å². The van der Waals surface area contributed by atoms with Crippen molar-refractivity contribution in [1.29, 1.82) is 0 Å². The molecule has 81 valence electrons. The lowest BCUT2D eigenvalue weighted by molar-refractivity contribution is 0.247. The number of benzene rings is 1. The summed E-state index contributed by atoms with van der Waals surface area (Å²) in [6.45, 7) is 4.31. The van der Waals surface area contributed by atoms with Gasteiger partial charge in [-0.25, -0.2) is 0 Å². The second kappa shape index (κ2) is 6.06. The van der Waals surface area contributed by atoms with E-state index < -0.39 is 6.10 Å². The molecule has 0 aliphatic heterocycles. The summed E-state index contributed by atoms with van der Waals surface area (Å²) >= 11 is 0. The van der Waals surface area contributed by atoms with E-state index in [9.17, 15) is 4.79 Å². The highest BCUT2D eigenvalue weighted by Crippen LogP contribution is 2.27. The zero-order valence-electron chi connectivity index (χ0n) is 9.03. The van der Waals surface area contributed by atoms with Gasteiger partial charge in [-0.1, -0.05) is 19.1 Å². The Morgan fingerprint density at radius 2 is 2.00 bits per heavy atom. The molecule has 0 saturated carbocycles. The average molecular weight is 207 g/mol. The van der Waals surface area contributed by atoms with Gasteiger partial charge in [0.2, 0.25) is 6.29 Å². The Balaban J connectivity index is 2.71. The Bertz CT molecular complexity index is 309. The summed E-state index contributed by atoms with van der Waals surface area (Å²) in [6.07, 6.45) is 2.13. The zero-order valence-corrected chi connectivity index (χ0v) is 9.03. The summed E-state index contributed by atoms with van der Waals surface area (Å²) in [7, 11) is 0. The van der Waals surface area contributed by atoms with Gasteiger partial charge in [0.1, 0.15) is 0 Å². The zero-order chi connectivity index (χ0) is 11.1. The van der Waals surface area contributed by atoms with Crippen LogP contribution in [-0.2, 0) is 4.79 Å². The van der Waals surface area contributed by atoms with E-state index in [-0.39, 0.29) is 0 Å². The van der Waals surface area contributed by atoms with Crippen molar-refractivity contribution in [1.82, 2.24) is 0 Å². The van der Waals surface area contributed by atoms with E-state index in [0.29, 0.717) is 18.1 Å². The maximum atomic E-state index is 10.3. The number of ether oxygens (including phenoxy) is 2. The molecule has 0 fully saturated rings. The fraction of sp³-hybridized carbons (Fsp3) is 0.417. The molecule has 0 spiro atoms. The molecule has 1 aromatic carbocycles. The predicted molar refractivity (Wildman–Crippen MR) is 58.0 cm³/mol. The molecule has 0 heterocycles. The number of carbonyl (C=O) groups excluding carboxylic acids is 1. The molecule has 0 bridgehead atoms. The highest BCUT2D eigenvalue weighted by atomic mass is 16.5. The first-order valence-electron chi connectivity index (χ1n) is 5.04. The number of hydrogen-bond donors (Lipinski definition) is 0. The fourth-order valence-electron chi connectivity index (χ4n) is 1.09. The lowest BCUT2D eigenvalue weighted by Crippen LogP contribution is -2.13. The van der Waals surface area contributed by atoms with Crippen LogP contribution in [0, 0.1) is 0 Å². The maximum Gasteiger partial charge on any atom is 0.242 e. The van der Waals surface area contributed by atoms with E-state index in [0.717, 1.165) is 6.42 Å². The number of rotatable bonds is 6. The Hall–Kier alpha value is -1.51. The molecule has 0 aromatic heterocycles. The van der Waals surface area contributed by atoms with Gasteiger partial charge in [0, 0.05) is 0 Å². The van der Waals surface area contributed by atoms with Gasteiger partial charge in [0.05, 0.1) is 6.61 Å². The van der Waals surface area contributed by atoms with Gasteiger partial charge in [-0.15, -0.1) is 0 Å². The summed E-state index contributed by atoms with van der Waals surface area (Å²) in [5, 5.41) is 0. The summed E-state index contributed by atoms with van der Waals surface area (Å²) in [4.78, 5) is 10.3. The van der Waals surface area contributed by atoms with E-state index in [4.69, 9.17) is 9.47 Å². The minimum atomic E-state index is -0.573. The van der Waals surface area contributed by atoms with E-state index >= 15 is 0 Å². The lowest BCUT2D eigenvalue weighted by Gasteiger charge is -2.13. The first kappa shape index (κ1) is 11.6. The van der Waals surface area contributed by atoms with Gasteiger partial charge < -0.3 is 9.47 Å². The standard InChI is InChI=1S/C12H15O3/c1-3-8-14-11-6-4-5-7-12(11)15-10(2)9-13/h4-7,10H,3,8H2,1-2H3. The van der Waals surface area contributed by atoms with E-state index in [1.807, 2.05) is 25.1 Å². The molecular formula is C12H15O3. The van der Waals surface area contributed by atoms with Crippen LogP contribution in [0.3, 0.4) is 0 Å². The highest BCUT2D eigenvalue weighted by molar-refractivity contribution is 5.57. The third-order valence-electron chi connectivity index (χ3n) is 1.78. The van der Waals surface area contributed by atoms with Crippen molar-refractivity contribution >= 4 is 6.29 Å². The van der Waals surface area contributed by atoms with Crippen LogP contribution in [0.15, 0.2) is 24.3 Å². The van der Waals surface area contributed by atoms with Crippen molar-refractivity contribution in [3.63, 3.8) is 0 Å². The van der Waals surface area contributed by atoms with Crippen LogP contribution in [0.4, 0.5) is 0 Å². The van der Waals surface area contributed by atoms with Crippen LogP contribution in [0.2, 0.25) is 0 Å². The smallest absolute Gasteiger partial charge is 0.242 e. The van der Waals surface area contributed by atoms with Gasteiger partial charge >= 0.3 is 0 Å². The molecule has 0 aliphatic carbocycles. The second-order valence-corrected chi connectivity index (χ2v) is 3.17. The second-order valence-electron chi connectivity index (χ2n) is 3.17. The van der Waals surface area contributed by atoms with Crippen molar-refractivity contribution < 1.29 is 14.3 Å². The molecule has 0 amide bonds. The van der Waals surface area contributed by atoms with Gasteiger partial charge in [-0.05, 0) is 25.5 Å². The number of hydrogen-bond acceptors (Lipinski definition) is 3. The molecule has 1 unspecified atom stereocenters. The summed E-state index contributed by atoms with van der Waals surface area (Å²) in [5.74, 6) is 1.25. The van der Waals surface area contributed by atoms with Crippen LogP contribution in [0.1, 0.15) is 20.3 Å². The quantitative estimate of drug-likeness (QED) is 0.718. The lowest BCUT2D eigenvalue weighted by atomic mass is 10.3. The highest BCUT2D eigenvalue weighted by Gasteiger charge is 2.08. The molecule has 1 aromatic rings. The van der Waals surface area contributed by atoms with Gasteiger partial charge in [0.25, 0.3) is 0 Å². The van der Waals surface area contributed by atoms with Gasteiger partial charge in [-0.3, -0.25) is 4.79 Å². The van der Waals surface area contributed by atoms with Gasteiger partial charge in [0.15, 0.2) is 17.6 Å². The van der Waals surface area contributed by atoms with E-state index in [1.54, 1.807) is 19.3 Å². The Kier molecular flexibility index (Phi) is 4.68. The van der Waals surface area contributed by atoms with Crippen LogP contribution in [0.25, 0.3) is 0 Å². The van der Waals surface area contributed by atoms with E-state index in [2.05, 4.69) is 0 Å². The normalized spacial score (nSPS) is 11.9. The SMILES string of the molecule is CCCOc1ccccc1OC(C)[C]=O. The molecule has 0 saturated heterocycles. The first-order chi connectivity index (χ1) is 7.27. The average Bonchev–Trinajstić information content (AvgIpc) is 2.28. The Morgan fingerprint density at radius 3 is 2.60 bits per heavy atom. The number of para-hydroxylation sites is 2. The first-order valence-corrected chi connectivity index (χ1v) is 5.04. The van der Waals surface area contributed by atoms with Crippen LogP contribution >= 0.6 is 0 Å². The van der Waals surface area contributed by atoms with Crippen molar-refractivity contribution in [2.75, 3.05) is 6.61 Å². The molecule has 1 radical (unpaired) electrons. The molecular weight excluding hydrogens is 192 g/mol. The molecule has 1 rings (SSSR count). The van der Waals surface area contributed by atoms with Crippen molar-refractivity contribution in [2.45, 2.75) is 26.4 Å². The van der Waals surface area contributed by atoms with E-state index in [1.165, 1.54) is 0 Å².